The van der Waals surface area contributed by atoms with Crippen molar-refractivity contribution in [2.24, 2.45) is 5.92 Å². The van der Waals surface area contributed by atoms with Gasteiger partial charge in [-0.15, -0.1) is 0 Å². The van der Waals surface area contributed by atoms with Gasteiger partial charge in [0.15, 0.2) is 0 Å². The standard InChI is InChI=1S/C18H14ClFN2O2/c19-13-8-9-15(22(23)24)16-10-5-3-6-11(10)17(21-18(13)16)12-4-1-2-7-14(12)20/h1-5,7-11,17,21H,6H2/t10-,11-,17+/m1/s1. The fourth-order valence-electron chi connectivity index (χ4n) is 3.85. The molecule has 1 N–H and O–H groups in total. The van der Waals surface area contributed by atoms with Gasteiger partial charge in [0.2, 0.25) is 0 Å². The van der Waals surface area contributed by atoms with Gasteiger partial charge in [0.1, 0.15) is 5.82 Å². The van der Waals surface area contributed by atoms with Crippen LogP contribution in [0.3, 0.4) is 0 Å². The number of nitro benzene ring substituents is 1. The maximum absolute atomic E-state index is 14.3. The predicted octanol–water partition coefficient (Wildman–Crippen LogP) is 5.21. The maximum atomic E-state index is 14.3. The minimum absolute atomic E-state index is 0.0200. The molecule has 0 spiro atoms. The average Bonchev–Trinajstić information content (AvgIpc) is 3.05. The van der Waals surface area contributed by atoms with Crippen LogP contribution in [0.2, 0.25) is 5.02 Å². The summed E-state index contributed by atoms with van der Waals surface area (Å²) in [4.78, 5) is 11.0. The summed E-state index contributed by atoms with van der Waals surface area (Å²) < 4.78 is 14.3. The van der Waals surface area contributed by atoms with E-state index in [0.717, 1.165) is 6.42 Å². The number of hydrogen-bond acceptors (Lipinski definition) is 3. The van der Waals surface area contributed by atoms with Gasteiger partial charge in [0.05, 0.1) is 27.2 Å². The summed E-state index contributed by atoms with van der Waals surface area (Å²) in [6, 6.07) is 9.30. The number of fused-ring (bicyclic) bond motifs is 3. The van der Waals surface area contributed by atoms with Crippen molar-refractivity contribution in [2.45, 2.75) is 18.4 Å². The second kappa shape index (κ2) is 5.60. The van der Waals surface area contributed by atoms with Gasteiger partial charge in [-0.3, -0.25) is 10.1 Å². The van der Waals surface area contributed by atoms with E-state index in [0.29, 0.717) is 21.8 Å². The summed E-state index contributed by atoms with van der Waals surface area (Å²) in [5.41, 5.74) is 1.74. The van der Waals surface area contributed by atoms with E-state index >= 15 is 0 Å². The number of nitro groups is 1. The van der Waals surface area contributed by atoms with E-state index in [9.17, 15) is 14.5 Å². The molecule has 0 radical (unpaired) electrons. The first-order valence-corrected chi connectivity index (χ1v) is 8.10. The maximum Gasteiger partial charge on any atom is 0.275 e. The van der Waals surface area contributed by atoms with Crippen LogP contribution in [0.1, 0.15) is 29.5 Å². The molecule has 2 aliphatic rings. The highest BCUT2D eigenvalue weighted by molar-refractivity contribution is 6.33. The smallest absolute Gasteiger partial charge is 0.275 e. The van der Waals surface area contributed by atoms with Gasteiger partial charge in [-0.2, -0.15) is 0 Å². The van der Waals surface area contributed by atoms with E-state index in [1.54, 1.807) is 18.2 Å². The summed E-state index contributed by atoms with van der Waals surface area (Å²) in [6.45, 7) is 0. The zero-order valence-corrected chi connectivity index (χ0v) is 13.3. The van der Waals surface area contributed by atoms with Gasteiger partial charge in [0, 0.05) is 17.5 Å². The Morgan fingerprint density at radius 1 is 1.25 bits per heavy atom. The van der Waals surface area contributed by atoms with Crippen LogP contribution in [-0.4, -0.2) is 4.92 Å². The molecule has 0 unspecified atom stereocenters. The van der Waals surface area contributed by atoms with Crippen molar-refractivity contribution in [3.8, 4) is 0 Å². The minimum Gasteiger partial charge on any atom is -0.376 e. The minimum atomic E-state index is -0.385. The largest absolute Gasteiger partial charge is 0.376 e. The lowest BCUT2D eigenvalue weighted by Gasteiger charge is -2.37. The molecule has 0 aromatic heterocycles. The highest BCUT2D eigenvalue weighted by Gasteiger charge is 2.43. The fourth-order valence-corrected chi connectivity index (χ4v) is 4.07. The van der Waals surface area contributed by atoms with Crippen molar-refractivity contribution >= 4 is 23.0 Å². The Balaban J connectivity index is 1.90. The monoisotopic (exact) mass is 344 g/mol. The lowest BCUT2D eigenvalue weighted by Crippen LogP contribution is -2.30. The number of nitrogens with one attached hydrogen (secondary N) is 1. The van der Waals surface area contributed by atoms with Gasteiger partial charge in [-0.25, -0.2) is 4.39 Å². The third kappa shape index (κ3) is 2.19. The third-order valence-electron chi connectivity index (χ3n) is 4.88. The van der Waals surface area contributed by atoms with E-state index in [2.05, 4.69) is 5.32 Å². The second-order valence-corrected chi connectivity index (χ2v) is 6.52. The first kappa shape index (κ1) is 15.1. The first-order valence-electron chi connectivity index (χ1n) is 7.72. The molecule has 0 saturated carbocycles. The first-order chi connectivity index (χ1) is 11.6. The van der Waals surface area contributed by atoms with E-state index in [-0.39, 0.29) is 34.3 Å². The van der Waals surface area contributed by atoms with Crippen LogP contribution < -0.4 is 5.32 Å². The van der Waals surface area contributed by atoms with E-state index < -0.39 is 0 Å². The van der Waals surface area contributed by atoms with Crippen LogP contribution in [0.25, 0.3) is 0 Å². The molecule has 0 saturated heterocycles. The van der Waals surface area contributed by atoms with Crippen molar-refractivity contribution in [2.75, 3.05) is 5.32 Å². The molecule has 4 nitrogen and oxygen atoms in total. The van der Waals surface area contributed by atoms with E-state index in [4.69, 9.17) is 11.6 Å². The summed E-state index contributed by atoms with van der Waals surface area (Å²) in [5.74, 6) is -0.415. The van der Waals surface area contributed by atoms with Gasteiger partial charge in [-0.05, 0) is 24.5 Å². The van der Waals surface area contributed by atoms with Crippen molar-refractivity contribution in [1.29, 1.82) is 0 Å². The molecular weight excluding hydrogens is 331 g/mol. The lowest BCUT2D eigenvalue weighted by molar-refractivity contribution is -0.385. The van der Waals surface area contributed by atoms with Crippen LogP contribution in [0, 0.1) is 21.8 Å². The molecule has 24 heavy (non-hydrogen) atoms. The fraction of sp³-hybridized carbons (Fsp3) is 0.222. The molecule has 1 aliphatic carbocycles. The molecule has 122 valence electrons. The van der Waals surface area contributed by atoms with Gasteiger partial charge < -0.3 is 5.32 Å². The molecule has 6 heteroatoms. The summed E-state index contributed by atoms with van der Waals surface area (Å²) in [5, 5.41) is 15.1. The second-order valence-electron chi connectivity index (χ2n) is 6.11. The number of nitrogens with zero attached hydrogens (tertiary/aromatic N) is 1. The Labute approximate surface area is 143 Å². The molecule has 1 heterocycles. The number of rotatable bonds is 2. The van der Waals surface area contributed by atoms with Crippen LogP contribution in [-0.2, 0) is 0 Å². The van der Waals surface area contributed by atoms with Crippen LogP contribution in [0.4, 0.5) is 15.8 Å². The zero-order chi connectivity index (χ0) is 16.8. The van der Waals surface area contributed by atoms with Crippen molar-refractivity contribution in [3.05, 3.63) is 80.6 Å². The van der Waals surface area contributed by atoms with Crippen LogP contribution in [0.15, 0.2) is 48.6 Å². The summed E-state index contributed by atoms with van der Waals surface area (Å²) >= 11 is 6.30. The summed E-state index contributed by atoms with van der Waals surface area (Å²) in [6.07, 6.45) is 4.71. The van der Waals surface area contributed by atoms with Crippen molar-refractivity contribution < 1.29 is 9.31 Å². The molecule has 2 aromatic rings. The Bertz CT molecular complexity index is 868. The number of benzene rings is 2. The zero-order valence-electron chi connectivity index (χ0n) is 12.6. The van der Waals surface area contributed by atoms with Gasteiger partial charge >= 0.3 is 0 Å². The van der Waals surface area contributed by atoms with Crippen LogP contribution >= 0.6 is 11.6 Å². The number of halogens is 2. The molecule has 0 amide bonds. The molecular formula is C18H14ClFN2O2. The summed E-state index contributed by atoms with van der Waals surface area (Å²) in [7, 11) is 0. The third-order valence-corrected chi connectivity index (χ3v) is 5.20. The number of anilines is 1. The Hall–Kier alpha value is -2.40. The SMILES string of the molecule is O=[N+]([O-])c1ccc(Cl)c2c1[C@@H]1C=CC[C@H]1[C@@H](c1ccccc1F)N2. The molecule has 2 aromatic carbocycles. The van der Waals surface area contributed by atoms with E-state index in [1.165, 1.54) is 18.2 Å². The van der Waals surface area contributed by atoms with Gasteiger partial charge in [-0.1, -0.05) is 42.0 Å². The molecule has 1 aliphatic heterocycles. The van der Waals surface area contributed by atoms with Crippen LogP contribution in [0.5, 0.6) is 0 Å². The Morgan fingerprint density at radius 3 is 2.79 bits per heavy atom. The quantitative estimate of drug-likeness (QED) is 0.462. The lowest BCUT2D eigenvalue weighted by atomic mass is 9.76. The highest BCUT2D eigenvalue weighted by Crippen LogP contribution is 2.54. The van der Waals surface area contributed by atoms with E-state index in [1.807, 2.05) is 12.2 Å². The molecule has 3 atom stereocenters. The molecule has 4 rings (SSSR count). The van der Waals surface area contributed by atoms with Crippen molar-refractivity contribution in [1.82, 2.24) is 0 Å². The van der Waals surface area contributed by atoms with Crippen molar-refractivity contribution in [3.63, 3.8) is 0 Å². The average molecular weight is 345 g/mol. The predicted molar refractivity (Wildman–Crippen MR) is 90.9 cm³/mol. The topological polar surface area (TPSA) is 55.2 Å². The molecule has 0 bridgehead atoms. The Kier molecular flexibility index (Phi) is 3.53. The van der Waals surface area contributed by atoms with Gasteiger partial charge in [0.25, 0.3) is 5.69 Å². The number of hydrogen-bond donors (Lipinski definition) is 1. The normalized spacial score (nSPS) is 24.2. The molecule has 0 fully saturated rings. The Morgan fingerprint density at radius 2 is 2.04 bits per heavy atom. The number of allylic oxidation sites excluding steroid dienone is 2. The highest BCUT2D eigenvalue weighted by atomic mass is 35.5.